The Bertz CT molecular complexity index is 669. The molecule has 0 saturated carbocycles. The highest BCUT2D eigenvalue weighted by Gasteiger charge is 2.49. The molecule has 0 N–H and O–H groups in total. The maximum Gasteiger partial charge on any atom is 0.233 e. The van der Waals surface area contributed by atoms with Crippen LogP contribution in [0.1, 0.15) is 23.2 Å². The second-order valence-electron chi connectivity index (χ2n) is 5.74. The largest absolute Gasteiger partial charge is 0.382 e. The Morgan fingerprint density at radius 1 is 1.13 bits per heavy atom. The molecule has 118 valence electrons. The van der Waals surface area contributed by atoms with Gasteiger partial charge >= 0.3 is 0 Å². The van der Waals surface area contributed by atoms with Crippen molar-refractivity contribution < 1.29 is 9.53 Å². The van der Waals surface area contributed by atoms with Gasteiger partial charge in [-0.1, -0.05) is 66.7 Å². The third kappa shape index (κ3) is 2.80. The third-order valence-corrected chi connectivity index (χ3v) is 4.42. The predicted octanol–water partition coefficient (Wildman–Crippen LogP) is 3.76. The second-order valence-corrected chi connectivity index (χ2v) is 5.74. The minimum atomic E-state index is -0.166. The molecule has 0 bridgehead atoms. The summed E-state index contributed by atoms with van der Waals surface area (Å²) in [5.74, 6) is -0.0553. The summed E-state index contributed by atoms with van der Waals surface area (Å²) in [6, 6.07) is 20.1. The molecular formula is C20H21NO2. The van der Waals surface area contributed by atoms with E-state index >= 15 is 0 Å². The molecule has 0 radical (unpaired) electrons. The molecule has 3 nitrogen and oxygen atoms in total. The van der Waals surface area contributed by atoms with Gasteiger partial charge in [0.2, 0.25) is 5.91 Å². The summed E-state index contributed by atoms with van der Waals surface area (Å²) in [5.41, 5.74) is 2.22. The number of β-lactam (4-membered cyclic amide) rings is 1. The van der Waals surface area contributed by atoms with Crippen LogP contribution < -0.4 is 0 Å². The molecule has 2 aromatic rings. The lowest BCUT2D eigenvalue weighted by molar-refractivity contribution is -0.160. The molecule has 1 saturated heterocycles. The van der Waals surface area contributed by atoms with E-state index in [1.54, 1.807) is 13.2 Å². The molecule has 1 unspecified atom stereocenters. The zero-order valence-corrected chi connectivity index (χ0v) is 13.3. The maximum atomic E-state index is 12.7. The summed E-state index contributed by atoms with van der Waals surface area (Å²) in [4.78, 5) is 14.6. The standard InChI is InChI=1S/C20H21NO2/c1-3-17-19(16-12-8-5-9-13-16)21(20(17)22)18(14-23-2)15-10-6-4-7-11-15/h3-13,17-19H,1,14H2,2H3/t17-,18?,19-/m1/s1. The van der Waals surface area contributed by atoms with Crippen LogP contribution in [0.4, 0.5) is 0 Å². The fraction of sp³-hybridized carbons (Fsp3) is 0.250. The van der Waals surface area contributed by atoms with Crippen molar-refractivity contribution in [3.8, 4) is 0 Å². The second kappa shape index (κ2) is 6.80. The summed E-state index contributed by atoms with van der Waals surface area (Å²) < 4.78 is 5.40. The molecule has 0 aliphatic carbocycles. The van der Waals surface area contributed by atoms with Crippen LogP contribution in [-0.4, -0.2) is 24.5 Å². The number of carbonyl (C=O) groups is 1. The van der Waals surface area contributed by atoms with E-state index in [1.165, 1.54) is 0 Å². The average Bonchev–Trinajstić information content (AvgIpc) is 2.61. The van der Waals surface area contributed by atoms with Crippen molar-refractivity contribution in [3.63, 3.8) is 0 Å². The van der Waals surface area contributed by atoms with Crippen molar-refractivity contribution >= 4 is 5.91 Å². The van der Waals surface area contributed by atoms with Crippen LogP contribution in [0, 0.1) is 5.92 Å². The van der Waals surface area contributed by atoms with Gasteiger partial charge in [-0.15, -0.1) is 6.58 Å². The molecule has 1 fully saturated rings. The topological polar surface area (TPSA) is 29.5 Å². The Morgan fingerprint density at radius 3 is 2.30 bits per heavy atom. The van der Waals surface area contributed by atoms with Crippen LogP contribution >= 0.6 is 0 Å². The van der Waals surface area contributed by atoms with Crippen LogP contribution in [0.25, 0.3) is 0 Å². The van der Waals surface area contributed by atoms with Crippen molar-refractivity contribution in [1.29, 1.82) is 0 Å². The molecule has 0 aromatic heterocycles. The number of rotatable bonds is 6. The molecule has 0 spiro atoms. The number of nitrogens with zero attached hydrogens (tertiary/aromatic N) is 1. The summed E-state index contributed by atoms with van der Waals surface area (Å²) in [6.45, 7) is 4.32. The van der Waals surface area contributed by atoms with E-state index in [-0.39, 0.29) is 23.9 Å². The highest BCUT2D eigenvalue weighted by atomic mass is 16.5. The Labute approximate surface area is 137 Å². The van der Waals surface area contributed by atoms with Crippen LogP contribution in [0.15, 0.2) is 73.3 Å². The smallest absolute Gasteiger partial charge is 0.233 e. The fourth-order valence-corrected chi connectivity index (χ4v) is 3.30. The van der Waals surface area contributed by atoms with Gasteiger partial charge < -0.3 is 9.64 Å². The van der Waals surface area contributed by atoms with E-state index in [9.17, 15) is 4.79 Å². The number of hydrogen-bond donors (Lipinski definition) is 0. The van der Waals surface area contributed by atoms with Gasteiger partial charge in [-0.2, -0.15) is 0 Å². The molecule has 1 aliphatic heterocycles. The summed E-state index contributed by atoms with van der Waals surface area (Å²) in [5, 5.41) is 0. The minimum absolute atomic E-state index is 0.0153. The number of carbonyl (C=O) groups excluding carboxylic acids is 1. The Hall–Kier alpha value is -2.39. The van der Waals surface area contributed by atoms with Crippen molar-refractivity contribution in [1.82, 2.24) is 4.90 Å². The highest BCUT2D eigenvalue weighted by molar-refractivity contribution is 5.88. The summed E-state index contributed by atoms with van der Waals surface area (Å²) >= 11 is 0. The zero-order valence-electron chi connectivity index (χ0n) is 13.3. The molecular weight excluding hydrogens is 286 g/mol. The number of amides is 1. The van der Waals surface area contributed by atoms with Crippen LogP contribution in [0.2, 0.25) is 0 Å². The van der Waals surface area contributed by atoms with E-state index < -0.39 is 0 Å². The van der Waals surface area contributed by atoms with E-state index in [2.05, 4.69) is 18.7 Å². The van der Waals surface area contributed by atoms with Gasteiger partial charge in [0.05, 0.1) is 24.6 Å². The van der Waals surface area contributed by atoms with Gasteiger partial charge in [-0.3, -0.25) is 4.79 Å². The van der Waals surface area contributed by atoms with Gasteiger partial charge in [-0.05, 0) is 11.1 Å². The molecule has 3 rings (SSSR count). The quantitative estimate of drug-likeness (QED) is 0.601. The Kier molecular flexibility index (Phi) is 4.58. The van der Waals surface area contributed by atoms with Gasteiger partial charge in [0, 0.05) is 7.11 Å². The summed E-state index contributed by atoms with van der Waals surface area (Å²) in [7, 11) is 1.67. The van der Waals surface area contributed by atoms with Crippen molar-refractivity contribution in [2.45, 2.75) is 12.1 Å². The average molecular weight is 307 g/mol. The van der Waals surface area contributed by atoms with E-state index in [4.69, 9.17) is 4.74 Å². The minimum Gasteiger partial charge on any atom is -0.382 e. The molecule has 1 aliphatic rings. The third-order valence-electron chi connectivity index (χ3n) is 4.42. The van der Waals surface area contributed by atoms with Gasteiger partial charge in [-0.25, -0.2) is 0 Å². The lowest BCUT2D eigenvalue weighted by atomic mass is 9.80. The molecule has 1 heterocycles. The number of methoxy groups -OCH3 is 1. The Balaban J connectivity index is 1.97. The highest BCUT2D eigenvalue weighted by Crippen LogP contribution is 2.46. The molecule has 3 atom stereocenters. The molecule has 3 heteroatoms. The lowest BCUT2D eigenvalue weighted by Crippen LogP contribution is -2.56. The number of ether oxygens (including phenoxy) is 1. The number of benzene rings is 2. The predicted molar refractivity (Wildman–Crippen MR) is 90.8 cm³/mol. The van der Waals surface area contributed by atoms with Crippen LogP contribution in [0.3, 0.4) is 0 Å². The summed E-state index contributed by atoms with van der Waals surface area (Å²) in [6.07, 6.45) is 1.76. The molecule has 23 heavy (non-hydrogen) atoms. The molecule has 2 aromatic carbocycles. The van der Waals surface area contributed by atoms with Gasteiger partial charge in [0.1, 0.15) is 0 Å². The molecule has 1 amide bonds. The number of likely N-dealkylation sites (tertiary alicyclic amines) is 1. The Morgan fingerprint density at radius 2 is 1.74 bits per heavy atom. The van der Waals surface area contributed by atoms with Gasteiger partial charge in [0.25, 0.3) is 0 Å². The number of hydrogen-bond acceptors (Lipinski definition) is 2. The normalized spacial score (nSPS) is 21.6. The van der Waals surface area contributed by atoms with Gasteiger partial charge in [0.15, 0.2) is 0 Å². The first kappa shape index (κ1) is 15.5. The maximum absolute atomic E-state index is 12.7. The SMILES string of the molecule is C=C[C@H]1C(=O)N(C(COC)c2ccccc2)[C@@H]1c1ccccc1. The van der Waals surface area contributed by atoms with Crippen LogP contribution in [0.5, 0.6) is 0 Å². The van der Waals surface area contributed by atoms with E-state index in [0.29, 0.717) is 6.61 Å². The first-order valence-electron chi connectivity index (χ1n) is 7.81. The van der Waals surface area contributed by atoms with E-state index in [1.807, 2.05) is 53.4 Å². The van der Waals surface area contributed by atoms with Crippen molar-refractivity contribution in [2.24, 2.45) is 5.92 Å². The lowest BCUT2D eigenvalue weighted by Gasteiger charge is -2.50. The monoisotopic (exact) mass is 307 g/mol. The van der Waals surface area contributed by atoms with Crippen LogP contribution in [-0.2, 0) is 9.53 Å². The first-order chi connectivity index (χ1) is 11.3. The van der Waals surface area contributed by atoms with Crippen molar-refractivity contribution in [3.05, 3.63) is 84.4 Å². The first-order valence-corrected chi connectivity index (χ1v) is 7.81. The zero-order chi connectivity index (χ0) is 16.2. The van der Waals surface area contributed by atoms with Crippen molar-refractivity contribution in [2.75, 3.05) is 13.7 Å². The fourth-order valence-electron chi connectivity index (χ4n) is 3.30. The van der Waals surface area contributed by atoms with E-state index in [0.717, 1.165) is 11.1 Å².